The third kappa shape index (κ3) is 4.92. The van der Waals surface area contributed by atoms with Gasteiger partial charge in [0.2, 0.25) is 0 Å². The van der Waals surface area contributed by atoms with Gasteiger partial charge in [-0.25, -0.2) is 9.59 Å². The molecule has 1 aromatic rings. The van der Waals surface area contributed by atoms with Gasteiger partial charge in [-0.2, -0.15) is 0 Å². The second kappa shape index (κ2) is 8.63. The summed E-state index contributed by atoms with van der Waals surface area (Å²) in [6, 6.07) is 1.23. The van der Waals surface area contributed by atoms with E-state index < -0.39 is 24.5 Å². The minimum Gasteiger partial charge on any atom is -0.451 e. The molecule has 6 nitrogen and oxygen atoms in total. The van der Waals surface area contributed by atoms with Crippen LogP contribution in [0.5, 0.6) is 0 Å². The summed E-state index contributed by atoms with van der Waals surface area (Å²) in [4.78, 5) is 36.7. The van der Waals surface area contributed by atoms with Crippen molar-refractivity contribution in [1.29, 1.82) is 0 Å². The smallest absolute Gasteiger partial charge is 0.348 e. The van der Waals surface area contributed by atoms with Crippen molar-refractivity contribution in [2.45, 2.75) is 32.6 Å². The molecule has 0 saturated heterocycles. The van der Waals surface area contributed by atoms with E-state index in [0.29, 0.717) is 10.8 Å². The lowest BCUT2D eigenvalue weighted by molar-refractivity contribution is -0.123. The van der Waals surface area contributed by atoms with Gasteiger partial charge in [-0.05, 0) is 36.8 Å². The van der Waals surface area contributed by atoms with E-state index in [1.165, 1.54) is 27.9 Å². The number of carbonyl (C=O) groups excluding carboxylic acids is 3. The van der Waals surface area contributed by atoms with E-state index in [0.717, 1.165) is 25.7 Å². The molecule has 1 unspecified atom stereocenters. The van der Waals surface area contributed by atoms with Crippen LogP contribution in [0.3, 0.4) is 0 Å². The summed E-state index contributed by atoms with van der Waals surface area (Å²) in [7, 11) is 0. The summed E-state index contributed by atoms with van der Waals surface area (Å²) >= 11 is 1.44. The number of urea groups is 1. The van der Waals surface area contributed by atoms with E-state index in [9.17, 15) is 14.4 Å². The van der Waals surface area contributed by atoms with Crippen molar-refractivity contribution >= 4 is 29.2 Å². The third-order valence-electron chi connectivity index (χ3n) is 3.96. The number of nitrogens with one attached hydrogen (secondary N) is 2. The van der Waals surface area contributed by atoms with Crippen LogP contribution in [-0.4, -0.2) is 31.1 Å². The van der Waals surface area contributed by atoms with Gasteiger partial charge in [0, 0.05) is 11.4 Å². The number of aryl methyl sites for hydroxylation is 1. The van der Waals surface area contributed by atoms with Gasteiger partial charge < -0.3 is 10.1 Å². The molecule has 130 valence electrons. The average Bonchev–Trinajstić information content (AvgIpc) is 3.00. The standard InChI is InChI=1S/C17H22N2O4S/c1-3-7-18-17(22)19-15(20)10-23-16(21)14-9-12-8-11(4-2)5-6-13(12)24-14/h3,9,11H,1,4-8,10H2,2H3,(H2,18,19,20,22). The summed E-state index contributed by atoms with van der Waals surface area (Å²) in [5, 5.41) is 4.47. The molecule has 0 fully saturated rings. The zero-order valence-corrected chi connectivity index (χ0v) is 14.5. The topological polar surface area (TPSA) is 84.5 Å². The van der Waals surface area contributed by atoms with Crippen LogP contribution in [0.1, 0.15) is 39.9 Å². The predicted molar refractivity (Wildman–Crippen MR) is 92.1 cm³/mol. The van der Waals surface area contributed by atoms with Crippen molar-refractivity contribution in [2.24, 2.45) is 5.92 Å². The summed E-state index contributed by atoms with van der Waals surface area (Å²) in [5.41, 5.74) is 1.22. The Morgan fingerprint density at radius 1 is 1.46 bits per heavy atom. The maximum absolute atomic E-state index is 12.1. The summed E-state index contributed by atoms with van der Waals surface area (Å²) < 4.78 is 4.99. The van der Waals surface area contributed by atoms with Crippen molar-refractivity contribution in [1.82, 2.24) is 10.6 Å². The first-order valence-electron chi connectivity index (χ1n) is 8.00. The first kappa shape index (κ1) is 18.2. The van der Waals surface area contributed by atoms with Crippen LogP contribution in [-0.2, 0) is 22.4 Å². The number of hydrogen-bond acceptors (Lipinski definition) is 5. The number of esters is 1. The van der Waals surface area contributed by atoms with E-state index in [4.69, 9.17) is 4.74 Å². The predicted octanol–water partition coefficient (Wildman–Crippen LogP) is 2.43. The second-order valence-corrected chi connectivity index (χ2v) is 6.84. The molecule has 1 aromatic heterocycles. The molecule has 1 atom stereocenters. The Labute approximate surface area is 145 Å². The number of fused-ring (bicyclic) bond motifs is 1. The first-order chi connectivity index (χ1) is 11.5. The van der Waals surface area contributed by atoms with E-state index >= 15 is 0 Å². The Kier molecular flexibility index (Phi) is 6.54. The van der Waals surface area contributed by atoms with E-state index in [1.807, 2.05) is 6.07 Å². The highest BCUT2D eigenvalue weighted by atomic mass is 32.1. The molecule has 0 spiro atoms. The van der Waals surface area contributed by atoms with Crippen molar-refractivity contribution in [3.8, 4) is 0 Å². The largest absolute Gasteiger partial charge is 0.451 e. The molecule has 24 heavy (non-hydrogen) atoms. The molecule has 0 radical (unpaired) electrons. The van der Waals surface area contributed by atoms with Gasteiger partial charge in [0.15, 0.2) is 6.61 Å². The first-order valence-corrected chi connectivity index (χ1v) is 8.82. The monoisotopic (exact) mass is 350 g/mol. The van der Waals surface area contributed by atoms with E-state index in [2.05, 4.69) is 24.1 Å². The molecular formula is C17H22N2O4S. The van der Waals surface area contributed by atoms with Crippen molar-refractivity contribution < 1.29 is 19.1 Å². The molecule has 2 N–H and O–H groups in total. The summed E-state index contributed by atoms with van der Waals surface area (Å²) in [5.74, 6) is -0.516. The van der Waals surface area contributed by atoms with E-state index in [1.54, 1.807) is 0 Å². The fourth-order valence-corrected chi connectivity index (χ4v) is 3.72. The van der Waals surface area contributed by atoms with Gasteiger partial charge in [-0.1, -0.05) is 19.4 Å². The van der Waals surface area contributed by atoms with Crippen LogP contribution in [0.4, 0.5) is 4.79 Å². The van der Waals surface area contributed by atoms with Crippen molar-refractivity contribution in [3.63, 3.8) is 0 Å². The molecule has 3 amide bonds. The van der Waals surface area contributed by atoms with Gasteiger partial charge in [0.1, 0.15) is 4.88 Å². The number of hydrogen-bond donors (Lipinski definition) is 2. The van der Waals surface area contributed by atoms with Gasteiger partial charge >= 0.3 is 12.0 Å². The van der Waals surface area contributed by atoms with Gasteiger partial charge in [0.05, 0.1) is 0 Å². The normalized spacial score (nSPS) is 16.0. The highest BCUT2D eigenvalue weighted by Gasteiger charge is 2.23. The van der Waals surface area contributed by atoms with Gasteiger partial charge in [0.25, 0.3) is 5.91 Å². The fourth-order valence-electron chi connectivity index (χ4n) is 2.62. The number of imide groups is 1. The molecule has 0 aromatic carbocycles. The second-order valence-electron chi connectivity index (χ2n) is 5.70. The number of ether oxygens (including phenoxy) is 1. The van der Waals surface area contributed by atoms with Crippen LogP contribution < -0.4 is 10.6 Å². The van der Waals surface area contributed by atoms with Crippen LogP contribution in [0.25, 0.3) is 0 Å². The minimum absolute atomic E-state index is 0.248. The Morgan fingerprint density at radius 3 is 2.96 bits per heavy atom. The molecule has 1 heterocycles. The quantitative estimate of drug-likeness (QED) is 0.610. The third-order valence-corrected chi connectivity index (χ3v) is 5.17. The lowest BCUT2D eigenvalue weighted by Crippen LogP contribution is -2.41. The molecule has 7 heteroatoms. The molecular weight excluding hydrogens is 328 g/mol. The van der Waals surface area contributed by atoms with E-state index in [-0.39, 0.29) is 6.54 Å². The van der Waals surface area contributed by atoms with Crippen molar-refractivity contribution in [2.75, 3.05) is 13.2 Å². The minimum atomic E-state index is -0.669. The lowest BCUT2D eigenvalue weighted by Gasteiger charge is -2.19. The fraction of sp³-hybridized carbons (Fsp3) is 0.471. The summed E-state index contributed by atoms with van der Waals surface area (Å²) in [6.07, 6.45) is 5.78. The van der Waals surface area contributed by atoms with Crippen LogP contribution in [0, 0.1) is 5.92 Å². The summed E-state index contributed by atoms with van der Waals surface area (Å²) in [6.45, 7) is 5.39. The Morgan fingerprint density at radius 2 is 2.25 bits per heavy atom. The van der Waals surface area contributed by atoms with Crippen LogP contribution >= 0.6 is 11.3 Å². The number of rotatable bonds is 6. The Hall–Kier alpha value is -2.15. The molecule has 0 aliphatic heterocycles. The zero-order chi connectivity index (χ0) is 17.5. The van der Waals surface area contributed by atoms with Crippen LogP contribution in [0.15, 0.2) is 18.7 Å². The number of carbonyl (C=O) groups is 3. The molecule has 2 rings (SSSR count). The molecule has 1 aliphatic rings. The molecule has 1 aliphatic carbocycles. The average molecular weight is 350 g/mol. The van der Waals surface area contributed by atoms with Crippen LogP contribution in [0.2, 0.25) is 0 Å². The zero-order valence-electron chi connectivity index (χ0n) is 13.7. The molecule has 0 bridgehead atoms. The van der Waals surface area contributed by atoms with Gasteiger partial charge in [-0.3, -0.25) is 10.1 Å². The number of thiophene rings is 1. The van der Waals surface area contributed by atoms with Crippen molar-refractivity contribution in [3.05, 3.63) is 34.0 Å². The Bertz CT molecular complexity index is 639. The highest BCUT2D eigenvalue weighted by molar-refractivity contribution is 7.14. The maximum Gasteiger partial charge on any atom is 0.348 e. The maximum atomic E-state index is 12.1. The number of amides is 3. The highest BCUT2D eigenvalue weighted by Crippen LogP contribution is 2.33. The lowest BCUT2D eigenvalue weighted by atomic mass is 9.87. The molecule has 0 saturated carbocycles. The SMILES string of the molecule is C=CCNC(=O)NC(=O)COC(=O)c1cc2c(s1)CCC(CC)C2. The van der Waals surface area contributed by atoms with Gasteiger partial charge in [-0.15, -0.1) is 17.9 Å². The Balaban J connectivity index is 1.83.